The molecule has 0 heterocycles. The van der Waals surface area contributed by atoms with E-state index in [1.165, 1.54) is 21.3 Å². The predicted molar refractivity (Wildman–Crippen MR) is 71.6 cm³/mol. The van der Waals surface area contributed by atoms with Crippen LogP contribution in [-0.2, 0) is 9.59 Å². The third-order valence-corrected chi connectivity index (χ3v) is 2.51. The Hall–Kier alpha value is -2.44. The quantitative estimate of drug-likeness (QED) is 0.787. The number of carbonyl (C=O) groups excluding carboxylic acids is 1. The molecule has 1 aromatic carbocycles. The first-order valence-corrected chi connectivity index (χ1v) is 5.83. The zero-order chi connectivity index (χ0) is 15.1. The van der Waals surface area contributed by atoms with Crippen LogP contribution in [-0.4, -0.2) is 38.3 Å². The fourth-order valence-electron chi connectivity index (χ4n) is 1.60. The number of rotatable bonds is 7. The van der Waals surface area contributed by atoms with Crippen molar-refractivity contribution >= 4 is 17.6 Å². The Morgan fingerprint density at radius 2 is 1.60 bits per heavy atom. The van der Waals surface area contributed by atoms with E-state index in [-0.39, 0.29) is 12.8 Å². The summed E-state index contributed by atoms with van der Waals surface area (Å²) in [6.07, 6.45) is -0.331. The lowest BCUT2D eigenvalue weighted by atomic mass is 10.2. The number of amides is 1. The summed E-state index contributed by atoms with van der Waals surface area (Å²) < 4.78 is 15.5. The van der Waals surface area contributed by atoms with Gasteiger partial charge in [-0.15, -0.1) is 0 Å². The first kappa shape index (κ1) is 15.6. The van der Waals surface area contributed by atoms with Crippen molar-refractivity contribution in [3.63, 3.8) is 0 Å². The second-order valence-corrected chi connectivity index (χ2v) is 3.86. The molecule has 2 N–H and O–H groups in total. The van der Waals surface area contributed by atoms with Crippen LogP contribution in [0.15, 0.2) is 12.1 Å². The van der Waals surface area contributed by atoms with Gasteiger partial charge in [0.05, 0.1) is 27.8 Å². The molecular formula is C13H17NO6. The third kappa shape index (κ3) is 4.04. The molecular weight excluding hydrogens is 266 g/mol. The van der Waals surface area contributed by atoms with Gasteiger partial charge in [0.25, 0.3) is 0 Å². The molecule has 1 aromatic rings. The Morgan fingerprint density at radius 3 is 2.00 bits per heavy atom. The van der Waals surface area contributed by atoms with Gasteiger partial charge in [0, 0.05) is 24.2 Å². The van der Waals surface area contributed by atoms with Gasteiger partial charge in [-0.05, 0) is 0 Å². The van der Waals surface area contributed by atoms with Gasteiger partial charge in [0.15, 0.2) is 11.5 Å². The van der Waals surface area contributed by atoms with Gasteiger partial charge < -0.3 is 24.6 Å². The van der Waals surface area contributed by atoms with Gasteiger partial charge in [0.2, 0.25) is 11.7 Å². The van der Waals surface area contributed by atoms with E-state index in [1.807, 2.05) is 0 Å². The average Bonchev–Trinajstić information content (AvgIpc) is 2.43. The topological polar surface area (TPSA) is 94.1 Å². The van der Waals surface area contributed by atoms with Crippen LogP contribution in [0.2, 0.25) is 0 Å². The average molecular weight is 283 g/mol. The molecule has 0 unspecified atom stereocenters. The molecule has 1 rings (SSSR count). The summed E-state index contributed by atoms with van der Waals surface area (Å²) in [7, 11) is 4.41. The minimum atomic E-state index is -1.02. The molecule has 1 amide bonds. The summed E-state index contributed by atoms with van der Waals surface area (Å²) in [5.41, 5.74) is 0.440. The largest absolute Gasteiger partial charge is 0.493 e. The van der Waals surface area contributed by atoms with Crippen LogP contribution < -0.4 is 19.5 Å². The first-order valence-electron chi connectivity index (χ1n) is 5.83. The van der Waals surface area contributed by atoms with Crippen molar-refractivity contribution in [1.29, 1.82) is 0 Å². The summed E-state index contributed by atoms with van der Waals surface area (Å²) in [6, 6.07) is 3.14. The smallest absolute Gasteiger partial charge is 0.303 e. The van der Waals surface area contributed by atoms with E-state index in [1.54, 1.807) is 12.1 Å². The Morgan fingerprint density at radius 1 is 1.05 bits per heavy atom. The number of ether oxygens (including phenoxy) is 3. The fourth-order valence-corrected chi connectivity index (χ4v) is 1.60. The summed E-state index contributed by atoms with van der Waals surface area (Å²) in [4.78, 5) is 22.0. The number of nitrogens with one attached hydrogen (secondary N) is 1. The molecule has 0 bridgehead atoms. The highest BCUT2D eigenvalue weighted by atomic mass is 16.5. The number of anilines is 1. The van der Waals surface area contributed by atoms with Crippen LogP contribution in [0.5, 0.6) is 17.2 Å². The van der Waals surface area contributed by atoms with Crippen LogP contribution in [0.3, 0.4) is 0 Å². The van der Waals surface area contributed by atoms with Crippen LogP contribution >= 0.6 is 0 Å². The first-order chi connectivity index (χ1) is 9.51. The molecule has 0 radical (unpaired) electrons. The van der Waals surface area contributed by atoms with Crippen molar-refractivity contribution in [2.24, 2.45) is 0 Å². The van der Waals surface area contributed by atoms with E-state index in [0.717, 1.165) is 0 Å². The number of benzene rings is 1. The van der Waals surface area contributed by atoms with Crippen LogP contribution in [0.4, 0.5) is 5.69 Å². The number of carbonyl (C=O) groups is 2. The molecule has 0 aliphatic heterocycles. The number of aliphatic carboxylic acids is 1. The number of carboxylic acids is 1. The van der Waals surface area contributed by atoms with E-state index in [0.29, 0.717) is 22.9 Å². The molecule has 0 aliphatic carbocycles. The normalized spacial score (nSPS) is 9.75. The Labute approximate surface area is 116 Å². The van der Waals surface area contributed by atoms with Gasteiger partial charge >= 0.3 is 5.97 Å². The van der Waals surface area contributed by atoms with Gasteiger partial charge in [-0.25, -0.2) is 0 Å². The van der Waals surface area contributed by atoms with Crippen molar-refractivity contribution in [2.75, 3.05) is 26.6 Å². The van der Waals surface area contributed by atoms with Crippen molar-refractivity contribution in [1.82, 2.24) is 0 Å². The van der Waals surface area contributed by atoms with Crippen LogP contribution in [0, 0.1) is 0 Å². The minimum Gasteiger partial charge on any atom is -0.493 e. The van der Waals surface area contributed by atoms with Crippen LogP contribution in [0.25, 0.3) is 0 Å². The van der Waals surface area contributed by atoms with E-state index in [4.69, 9.17) is 19.3 Å². The van der Waals surface area contributed by atoms with E-state index < -0.39 is 11.9 Å². The minimum absolute atomic E-state index is 0.105. The molecule has 0 saturated carbocycles. The van der Waals surface area contributed by atoms with Gasteiger partial charge in [-0.2, -0.15) is 0 Å². The Bertz CT molecular complexity index is 475. The highest BCUT2D eigenvalue weighted by Gasteiger charge is 2.14. The zero-order valence-corrected chi connectivity index (χ0v) is 11.6. The van der Waals surface area contributed by atoms with Gasteiger partial charge in [0.1, 0.15) is 0 Å². The SMILES string of the molecule is COc1cc(NC(=O)CCC(=O)O)cc(OC)c1OC. The van der Waals surface area contributed by atoms with Gasteiger partial charge in [-0.1, -0.05) is 0 Å². The molecule has 110 valence electrons. The molecule has 0 spiro atoms. The maximum atomic E-state index is 11.6. The maximum Gasteiger partial charge on any atom is 0.303 e. The number of hydrogen-bond acceptors (Lipinski definition) is 5. The van der Waals surface area contributed by atoms with Crippen molar-refractivity contribution in [3.8, 4) is 17.2 Å². The fraction of sp³-hybridized carbons (Fsp3) is 0.385. The Balaban J connectivity index is 2.90. The van der Waals surface area contributed by atoms with E-state index in [9.17, 15) is 9.59 Å². The standard InChI is InChI=1S/C13H17NO6/c1-18-9-6-8(7-10(19-2)13(9)20-3)14-11(15)4-5-12(16)17/h6-7H,4-5H2,1-3H3,(H,14,15)(H,16,17). The van der Waals surface area contributed by atoms with Crippen molar-refractivity contribution in [3.05, 3.63) is 12.1 Å². The molecule has 20 heavy (non-hydrogen) atoms. The summed E-state index contributed by atoms with van der Waals surface area (Å²) in [6.45, 7) is 0. The summed E-state index contributed by atoms with van der Waals surface area (Å²) in [5.74, 6) is -0.203. The molecule has 7 heteroatoms. The number of methoxy groups -OCH3 is 3. The highest BCUT2D eigenvalue weighted by molar-refractivity contribution is 5.93. The Kier molecular flexibility index (Phi) is 5.64. The lowest BCUT2D eigenvalue weighted by Crippen LogP contribution is -2.13. The second-order valence-electron chi connectivity index (χ2n) is 3.86. The van der Waals surface area contributed by atoms with E-state index >= 15 is 0 Å². The van der Waals surface area contributed by atoms with Crippen molar-refractivity contribution in [2.45, 2.75) is 12.8 Å². The second kappa shape index (κ2) is 7.22. The monoisotopic (exact) mass is 283 g/mol. The van der Waals surface area contributed by atoms with E-state index in [2.05, 4.69) is 5.32 Å². The predicted octanol–water partition coefficient (Wildman–Crippen LogP) is 1.52. The number of carboxylic acid groups (broad SMARTS) is 1. The van der Waals surface area contributed by atoms with Crippen molar-refractivity contribution < 1.29 is 28.9 Å². The molecule has 0 aliphatic rings. The van der Waals surface area contributed by atoms with Gasteiger partial charge in [-0.3, -0.25) is 9.59 Å². The summed E-state index contributed by atoms with van der Waals surface area (Å²) in [5, 5.41) is 11.1. The molecule has 0 atom stereocenters. The molecule has 0 aromatic heterocycles. The van der Waals surface area contributed by atoms with Crippen LogP contribution in [0.1, 0.15) is 12.8 Å². The lowest BCUT2D eigenvalue weighted by molar-refractivity contribution is -0.138. The highest BCUT2D eigenvalue weighted by Crippen LogP contribution is 2.39. The lowest BCUT2D eigenvalue weighted by Gasteiger charge is -2.14. The maximum absolute atomic E-state index is 11.6. The molecule has 0 saturated heterocycles. The zero-order valence-electron chi connectivity index (χ0n) is 11.6. The number of hydrogen-bond donors (Lipinski definition) is 2. The summed E-state index contributed by atoms with van der Waals surface area (Å²) >= 11 is 0. The molecule has 7 nitrogen and oxygen atoms in total. The third-order valence-electron chi connectivity index (χ3n) is 2.51. The molecule has 0 fully saturated rings.